The summed E-state index contributed by atoms with van der Waals surface area (Å²) < 4.78 is 18.5. The first kappa shape index (κ1) is 9.24. The summed E-state index contributed by atoms with van der Waals surface area (Å²) in [5.41, 5.74) is 0.849. The van der Waals surface area contributed by atoms with E-state index in [9.17, 15) is 9.35 Å². The largest absolute Gasteiger partial charge is 0.616 e. The molecule has 1 N–H and O–H groups in total. The van der Waals surface area contributed by atoms with Crippen LogP contribution in [0.1, 0.15) is 17.3 Å². The van der Waals surface area contributed by atoms with Gasteiger partial charge in [0.05, 0.1) is 1.37 Å². The molecule has 1 fully saturated rings. The van der Waals surface area contributed by atoms with Crippen LogP contribution in [0.25, 0.3) is 0 Å². The fraction of sp³-hybridized carbons (Fsp3) is 0.364. The molecule has 0 aliphatic carbocycles. The van der Waals surface area contributed by atoms with Crippen molar-refractivity contribution in [2.75, 3.05) is 11.5 Å². The van der Waals surface area contributed by atoms with E-state index in [1.165, 1.54) is 0 Å². The molecule has 2 rings (SSSR count). The van der Waals surface area contributed by atoms with Crippen LogP contribution in [0.3, 0.4) is 0 Å². The molecule has 3 nitrogen and oxygen atoms in total. The van der Waals surface area contributed by atoms with E-state index in [-0.39, 0.29) is 11.9 Å². The van der Waals surface area contributed by atoms with Crippen LogP contribution >= 0.6 is 0 Å². The van der Waals surface area contributed by atoms with Crippen molar-refractivity contribution in [1.82, 2.24) is 5.32 Å². The van der Waals surface area contributed by atoms with Crippen molar-refractivity contribution >= 4 is 17.1 Å². The second kappa shape index (κ2) is 4.24. The van der Waals surface area contributed by atoms with Crippen LogP contribution in [0.5, 0.6) is 0 Å². The maximum atomic E-state index is 11.8. The van der Waals surface area contributed by atoms with Crippen molar-refractivity contribution < 1.29 is 10.7 Å². The van der Waals surface area contributed by atoms with Gasteiger partial charge in [0, 0.05) is 5.56 Å². The van der Waals surface area contributed by atoms with Gasteiger partial charge in [0.25, 0.3) is 5.91 Å². The lowest BCUT2D eigenvalue weighted by atomic mass is 10.1. The highest BCUT2D eigenvalue weighted by atomic mass is 32.2. The lowest BCUT2D eigenvalue weighted by molar-refractivity contribution is 0.0941. The molecule has 0 spiro atoms. The highest BCUT2D eigenvalue weighted by Crippen LogP contribution is 2.12. The molecule has 3 unspecified atom stereocenters. The molecule has 1 aliphatic heterocycles. The molecular formula is C11H13NO2S. The number of rotatable bonds is 2. The SMILES string of the molecule is [2H]C1C(NC(=O)c2ccccc2C)C[S+]1[O-]. The zero-order valence-electron chi connectivity index (χ0n) is 9.40. The van der Waals surface area contributed by atoms with Gasteiger partial charge in [-0.2, -0.15) is 0 Å². The second-order valence-corrected chi connectivity index (χ2v) is 4.95. The van der Waals surface area contributed by atoms with Gasteiger partial charge in [-0.25, -0.2) is 0 Å². The third kappa shape index (κ3) is 2.33. The molecule has 1 aromatic rings. The van der Waals surface area contributed by atoms with Crippen molar-refractivity contribution in [3.63, 3.8) is 0 Å². The van der Waals surface area contributed by atoms with E-state index in [0.717, 1.165) is 5.56 Å². The van der Waals surface area contributed by atoms with Crippen LogP contribution in [-0.4, -0.2) is 28.0 Å². The van der Waals surface area contributed by atoms with Gasteiger partial charge in [-0.05, 0) is 29.7 Å². The second-order valence-electron chi connectivity index (χ2n) is 3.58. The van der Waals surface area contributed by atoms with Gasteiger partial charge in [-0.15, -0.1) is 0 Å². The molecule has 0 radical (unpaired) electrons. The molecular weight excluding hydrogens is 210 g/mol. The molecule has 1 heterocycles. The van der Waals surface area contributed by atoms with E-state index in [4.69, 9.17) is 1.37 Å². The first-order valence-corrected chi connectivity index (χ1v) is 6.13. The van der Waals surface area contributed by atoms with E-state index in [0.29, 0.717) is 11.3 Å². The van der Waals surface area contributed by atoms with Crippen LogP contribution in [0.4, 0.5) is 0 Å². The van der Waals surface area contributed by atoms with E-state index < -0.39 is 16.9 Å². The first-order valence-electron chi connectivity index (χ1n) is 5.33. The maximum absolute atomic E-state index is 11.8. The Bertz CT molecular complexity index is 413. The predicted octanol–water partition coefficient (Wildman–Crippen LogP) is 0.856. The molecule has 4 heteroatoms. The molecule has 1 saturated heterocycles. The van der Waals surface area contributed by atoms with Crippen molar-refractivity contribution in [2.45, 2.75) is 13.0 Å². The van der Waals surface area contributed by atoms with Crippen LogP contribution in [0.15, 0.2) is 24.3 Å². The summed E-state index contributed by atoms with van der Waals surface area (Å²) in [6.07, 6.45) is 0. The van der Waals surface area contributed by atoms with Crippen molar-refractivity contribution in [3.05, 3.63) is 35.4 Å². The van der Waals surface area contributed by atoms with Gasteiger partial charge >= 0.3 is 0 Å². The molecule has 1 amide bonds. The number of hydrogen-bond donors (Lipinski definition) is 1. The van der Waals surface area contributed by atoms with E-state index in [2.05, 4.69) is 5.32 Å². The molecule has 3 atom stereocenters. The summed E-state index contributed by atoms with van der Waals surface area (Å²) in [5.74, 6) is 0.211. The highest BCUT2D eigenvalue weighted by molar-refractivity contribution is 7.92. The zero-order valence-corrected chi connectivity index (χ0v) is 9.21. The Morgan fingerprint density at radius 3 is 3.00 bits per heavy atom. The summed E-state index contributed by atoms with van der Waals surface area (Å²) in [5, 5.41) is 2.73. The van der Waals surface area contributed by atoms with Crippen LogP contribution in [-0.2, 0) is 11.2 Å². The minimum atomic E-state index is -1.09. The number of benzene rings is 1. The quantitative estimate of drug-likeness (QED) is 0.757. The average molecular weight is 224 g/mol. The standard InChI is InChI=1S/C11H13NO2S/c1-8-4-2-3-5-10(8)11(13)12-9-6-15(14)7-9/h2-5,9H,6-7H2,1H3,(H,12,13)/i6D. The number of carbonyl (C=O) groups is 1. The molecule has 80 valence electrons. The van der Waals surface area contributed by atoms with E-state index in [1.807, 2.05) is 19.1 Å². The number of amides is 1. The normalized spacial score (nSPS) is 30.3. The summed E-state index contributed by atoms with van der Waals surface area (Å²) in [6, 6.07) is 7.02. The molecule has 0 saturated carbocycles. The molecule has 1 aromatic carbocycles. The van der Waals surface area contributed by atoms with Gasteiger partial charge in [0.15, 0.2) is 0 Å². The minimum absolute atomic E-state index is 0.183. The summed E-state index contributed by atoms with van der Waals surface area (Å²) in [7, 11) is 0. The predicted molar refractivity (Wildman–Crippen MR) is 60.3 cm³/mol. The van der Waals surface area contributed by atoms with E-state index >= 15 is 0 Å². The Morgan fingerprint density at radius 1 is 1.67 bits per heavy atom. The first-order chi connectivity index (χ1) is 7.59. The van der Waals surface area contributed by atoms with Crippen LogP contribution in [0, 0.1) is 6.92 Å². The number of nitrogens with one attached hydrogen (secondary N) is 1. The third-order valence-corrected chi connectivity index (χ3v) is 3.69. The Labute approximate surface area is 93.5 Å². The lowest BCUT2D eigenvalue weighted by Gasteiger charge is -2.29. The summed E-state index contributed by atoms with van der Waals surface area (Å²) >= 11 is -1.09. The summed E-state index contributed by atoms with van der Waals surface area (Å²) in [6.45, 7) is 1.87. The fourth-order valence-corrected chi connectivity index (χ4v) is 2.30. The smallest absolute Gasteiger partial charge is 0.252 e. The maximum Gasteiger partial charge on any atom is 0.252 e. The Kier molecular flexibility index (Phi) is 2.62. The minimum Gasteiger partial charge on any atom is -0.616 e. The van der Waals surface area contributed by atoms with E-state index in [1.54, 1.807) is 12.1 Å². The Morgan fingerprint density at radius 2 is 2.40 bits per heavy atom. The third-order valence-electron chi connectivity index (χ3n) is 2.37. The molecule has 0 bridgehead atoms. The summed E-state index contributed by atoms with van der Waals surface area (Å²) in [4.78, 5) is 11.8. The Hall–Kier alpha value is -1.00. The van der Waals surface area contributed by atoms with Crippen molar-refractivity contribution in [3.8, 4) is 0 Å². The zero-order chi connectivity index (χ0) is 11.7. The molecule has 15 heavy (non-hydrogen) atoms. The number of aryl methyl sites for hydroxylation is 1. The van der Waals surface area contributed by atoms with Crippen molar-refractivity contribution in [1.29, 1.82) is 0 Å². The monoisotopic (exact) mass is 224 g/mol. The fourth-order valence-electron chi connectivity index (χ4n) is 1.48. The molecule has 0 aromatic heterocycles. The van der Waals surface area contributed by atoms with Gasteiger partial charge in [0.1, 0.15) is 17.5 Å². The van der Waals surface area contributed by atoms with Crippen molar-refractivity contribution in [2.24, 2.45) is 0 Å². The number of hydrogen-bond acceptors (Lipinski definition) is 2. The van der Waals surface area contributed by atoms with Crippen LogP contribution < -0.4 is 5.32 Å². The topological polar surface area (TPSA) is 52.2 Å². The van der Waals surface area contributed by atoms with Gasteiger partial charge in [-0.3, -0.25) is 4.79 Å². The van der Waals surface area contributed by atoms with Gasteiger partial charge in [-0.1, -0.05) is 18.2 Å². The lowest BCUT2D eigenvalue weighted by Crippen LogP contribution is -2.53. The van der Waals surface area contributed by atoms with Crippen LogP contribution in [0.2, 0.25) is 0 Å². The average Bonchev–Trinajstić information content (AvgIpc) is 2.28. The van der Waals surface area contributed by atoms with Gasteiger partial charge < -0.3 is 9.87 Å². The van der Waals surface area contributed by atoms with Gasteiger partial charge in [0.2, 0.25) is 0 Å². The highest BCUT2D eigenvalue weighted by Gasteiger charge is 2.33. The number of carbonyl (C=O) groups excluding carboxylic acids is 1. The molecule has 1 aliphatic rings. The Balaban J connectivity index is 2.02.